The number of nitrogens with one attached hydrogen (secondary N) is 2. The zero-order valence-electron chi connectivity index (χ0n) is 23.4. The molecule has 0 saturated carbocycles. The molecule has 2 heterocycles. The number of methoxy groups -OCH3 is 2. The van der Waals surface area contributed by atoms with E-state index in [1.54, 1.807) is 12.1 Å². The average molecular weight is 601 g/mol. The number of anilines is 2. The first-order chi connectivity index (χ1) is 20.5. The Bertz CT molecular complexity index is 1400. The lowest BCUT2D eigenvalue weighted by molar-refractivity contribution is -0.140. The summed E-state index contributed by atoms with van der Waals surface area (Å²) in [6, 6.07) is 6.17. The molecule has 43 heavy (non-hydrogen) atoms. The molecule has 4 rings (SSSR count). The number of rotatable bonds is 10. The monoisotopic (exact) mass is 600 g/mol. The van der Waals surface area contributed by atoms with E-state index in [0.717, 1.165) is 4.90 Å². The third-order valence-corrected chi connectivity index (χ3v) is 7.18. The number of aliphatic hydroxyl groups is 1. The van der Waals surface area contributed by atoms with Crippen molar-refractivity contribution in [1.82, 2.24) is 10.2 Å². The van der Waals surface area contributed by atoms with E-state index < -0.39 is 48.8 Å². The molecular formula is C28H32N4O11. The summed E-state index contributed by atoms with van der Waals surface area (Å²) in [6.45, 7) is 0.213. The standard InChI is InChI=1S/C28H32N4O11/c1-41-21-12-17-20(13-22(21)42-2)32(25(36)19-4-3-11-31(19)24(17)35)28(40)43-14-15-5-7-16(8-6-15)29-27(39)30-18(26(37)38)9-10-23(33)34/h5-8,12-13,18-19,25,36H,3-4,9-11,14H2,1-2H3,(H,33,34)(H,37,38)(H2,29,30,39)/t18-,19-,25-/m0/s1. The minimum atomic E-state index is -1.39. The van der Waals surface area contributed by atoms with Gasteiger partial charge in [0.25, 0.3) is 5.91 Å². The number of aliphatic hydroxyl groups excluding tert-OH is 1. The maximum absolute atomic E-state index is 13.4. The normalized spacial score (nSPS) is 18.1. The fourth-order valence-electron chi connectivity index (χ4n) is 5.02. The molecule has 0 bridgehead atoms. The summed E-state index contributed by atoms with van der Waals surface area (Å²) < 4.78 is 16.2. The quantitative estimate of drug-likeness (QED) is 0.267. The van der Waals surface area contributed by atoms with Crippen molar-refractivity contribution in [3.8, 4) is 11.5 Å². The van der Waals surface area contributed by atoms with Crippen molar-refractivity contribution in [1.29, 1.82) is 0 Å². The van der Waals surface area contributed by atoms with Gasteiger partial charge in [-0.05, 0) is 43.0 Å². The number of carboxylic acids is 2. The van der Waals surface area contributed by atoms with Crippen LogP contribution in [0.2, 0.25) is 0 Å². The molecule has 2 aliphatic rings. The van der Waals surface area contributed by atoms with Crippen LogP contribution in [0.3, 0.4) is 0 Å². The van der Waals surface area contributed by atoms with Crippen LogP contribution in [-0.2, 0) is 20.9 Å². The van der Waals surface area contributed by atoms with Crippen LogP contribution in [0.25, 0.3) is 0 Å². The lowest BCUT2D eigenvalue weighted by Gasteiger charge is -2.31. The molecule has 230 valence electrons. The van der Waals surface area contributed by atoms with Gasteiger partial charge in [-0.15, -0.1) is 0 Å². The number of carbonyl (C=O) groups excluding carboxylic acids is 3. The molecule has 0 aromatic heterocycles. The van der Waals surface area contributed by atoms with E-state index in [4.69, 9.17) is 19.3 Å². The fraction of sp³-hybridized carbons (Fsp3) is 0.393. The molecule has 2 aromatic rings. The summed E-state index contributed by atoms with van der Waals surface area (Å²) in [7, 11) is 2.83. The van der Waals surface area contributed by atoms with E-state index in [2.05, 4.69) is 10.6 Å². The number of nitrogens with zero attached hydrogens (tertiary/aromatic N) is 2. The van der Waals surface area contributed by atoms with Gasteiger partial charge in [0.1, 0.15) is 12.6 Å². The summed E-state index contributed by atoms with van der Waals surface area (Å²) in [5, 5.41) is 33.9. The summed E-state index contributed by atoms with van der Waals surface area (Å²) in [5.74, 6) is -2.36. The highest BCUT2D eigenvalue weighted by Crippen LogP contribution is 2.41. The minimum absolute atomic E-state index is 0.114. The predicted octanol–water partition coefficient (Wildman–Crippen LogP) is 2.22. The summed E-state index contributed by atoms with van der Waals surface area (Å²) in [6.07, 6.45) is -1.84. The molecule has 0 aliphatic carbocycles. The van der Waals surface area contributed by atoms with Gasteiger partial charge >= 0.3 is 24.1 Å². The smallest absolute Gasteiger partial charge is 0.416 e. The Hall–Kier alpha value is -5.05. The van der Waals surface area contributed by atoms with Crippen molar-refractivity contribution in [2.45, 2.75) is 50.6 Å². The zero-order valence-corrected chi connectivity index (χ0v) is 23.4. The third-order valence-electron chi connectivity index (χ3n) is 7.18. The van der Waals surface area contributed by atoms with Gasteiger partial charge in [0, 0.05) is 24.7 Å². The predicted molar refractivity (Wildman–Crippen MR) is 149 cm³/mol. The lowest BCUT2D eigenvalue weighted by atomic mass is 10.1. The van der Waals surface area contributed by atoms with Gasteiger partial charge in [-0.2, -0.15) is 0 Å². The van der Waals surface area contributed by atoms with Gasteiger partial charge in [-0.1, -0.05) is 12.1 Å². The van der Waals surface area contributed by atoms with Crippen LogP contribution in [-0.4, -0.2) is 89.3 Å². The van der Waals surface area contributed by atoms with Crippen LogP contribution < -0.4 is 25.0 Å². The fourth-order valence-corrected chi connectivity index (χ4v) is 5.02. The van der Waals surface area contributed by atoms with Crippen LogP contribution in [0.1, 0.15) is 41.6 Å². The van der Waals surface area contributed by atoms with E-state index >= 15 is 0 Å². The van der Waals surface area contributed by atoms with Gasteiger partial charge in [0.05, 0.1) is 31.5 Å². The number of amides is 4. The Labute approximate surface area is 245 Å². The molecule has 1 fully saturated rings. The SMILES string of the molecule is COc1cc2c(cc1OC)N(C(=O)OCc1ccc(NC(=O)N[C@@H](CCC(=O)O)C(=O)O)cc1)[C@@H](O)[C@@H]1CCCN1C2=O. The number of benzene rings is 2. The molecule has 2 aromatic carbocycles. The van der Waals surface area contributed by atoms with Gasteiger partial charge < -0.3 is 45.1 Å². The van der Waals surface area contributed by atoms with E-state index in [1.807, 2.05) is 0 Å². The first kappa shape index (κ1) is 30.9. The van der Waals surface area contributed by atoms with E-state index in [1.165, 1.54) is 43.4 Å². The molecule has 1 saturated heterocycles. The van der Waals surface area contributed by atoms with E-state index in [9.17, 15) is 34.2 Å². The minimum Gasteiger partial charge on any atom is -0.493 e. The Balaban J connectivity index is 1.45. The Morgan fingerprint density at radius 2 is 1.72 bits per heavy atom. The highest BCUT2D eigenvalue weighted by Gasteiger charge is 2.45. The number of fused-ring (bicyclic) bond motifs is 2. The number of carboxylic acid groups (broad SMARTS) is 2. The van der Waals surface area contributed by atoms with Crippen LogP contribution in [0.15, 0.2) is 36.4 Å². The summed E-state index contributed by atoms with van der Waals surface area (Å²) in [4.78, 5) is 63.6. The zero-order chi connectivity index (χ0) is 31.3. The molecule has 15 nitrogen and oxygen atoms in total. The van der Waals surface area contributed by atoms with Crippen molar-refractivity contribution in [2.24, 2.45) is 0 Å². The van der Waals surface area contributed by atoms with Crippen LogP contribution in [0.4, 0.5) is 21.0 Å². The molecule has 5 N–H and O–H groups in total. The number of aliphatic carboxylic acids is 2. The van der Waals surface area contributed by atoms with Crippen molar-refractivity contribution >= 4 is 41.3 Å². The number of urea groups is 1. The first-order valence-electron chi connectivity index (χ1n) is 13.4. The first-order valence-corrected chi connectivity index (χ1v) is 13.4. The average Bonchev–Trinajstić information content (AvgIpc) is 3.45. The van der Waals surface area contributed by atoms with Gasteiger partial charge in [-0.3, -0.25) is 9.59 Å². The van der Waals surface area contributed by atoms with Crippen LogP contribution >= 0.6 is 0 Å². The van der Waals surface area contributed by atoms with Crippen molar-refractivity contribution in [3.63, 3.8) is 0 Å². The number of ether oxygens (including phenoxy) is 3. The summed E-state index contributed by atoms with van der Waals surface area (Å²) in [5.41, 5.74) is 1.09. The number of hydrogen-bond acceptors (Lipinski definition) is 9. The maximum atomic E-state index is 13.4. The van der Waals surface area contributed by atoms with Crippen molar-refractivity contribution in [3.05, 3.63) is 47.5 Å². The van der Waals surface area contributed by atoms with Crippen LogP contribution in [0.5, 0.6) is 11.5 Å². The van der Waals surface area contributed by atoms with Gasteiger partial charge in [-0.25, -0.2) is 19.3 Å². The molecular weight excluding hydrogens is 568 g/mol. The van der Waals surface area contributed by atoms with Crippen LogP contribution in [0, 0.1) is 0 Å². The topological polar surface area (TPSA) is 204 Å². The number of carbonyl (C=O) groups is 5. The Morgan fingerprint density at radius 1 is 1.05 bits per heavy atom. The van der Waals surface area contributed by atoms with Gasteiger partial charge in [0.2, 0.25) is 0 Å². The van der Waals surface area contributed by atoms with E-state index in [-0.39, 0.29) is 41.7 Å². The third kappa shape index (κ3) is 6.89. The molecule has 0 unspecified atom stereocenters. The molecule has 4 amide bonds. The molecule has 15 heteroatoms. The van der Waals surface area contributed by atoms with Crippen molar-refractivity contribution in [2.75, 3.05) is 31.0 Å². The highest BCUT2D eigenvalue weighted by molar-refractivity contribution is 6.06. The second kappa shape index (κ2) is 13.3. The maximum Gasteiger partial charge on any atom is 0.416 e. The second-order valence-corrected chi connectivity index (χ2v) is 9.89. The highest BCUT2D eigenvalue weighted by atomic mass is 16.6. The number of hydrogen-bond donors (Lipinski definition) is 5. The second-order valence-electron chi connectivity index (χ2n) is 9.89. The largest absolute Gasteiger partial charge is 0.493 e. The summed E-state index contributed by atoms with van der Waals surface area (Å²) >= 11 is 0. The van der Waals surface area contributed by atoms with E-state index in [0.29, 0.717) is 30.6 Å². The Morgan fingerprint density at radius 3 is 2.35 bits per heavy atom. The Kier molecular flexibility index (Phi) is 9.55. The molecule has 2 aliphatic heterocycles. The van der Waals surface area contributed by atoms with Gasteiger partial charge in [0.15, 0.2) is 17.7 Å². The lowest BCUT2D eigenvalue weighted by Crippen LogP contribution is -2.50. The molecule has 0 spiro atoms. The molecule has 0 radical (unpaired) electrons. The van der Waals surface area contributed by atoms with Crippen molar-refractivity contribution < 1.29 is 53.5 Å². The molecule has 3 atom stereocenters.